The summed E-state index contributed by atoms with van der Waals surface area (Å²) in [5.74, 6) is -2.28. The van der Waals surface area contributed by atoms with E-state index in [1.54, 1.807) is 18.3 Å². The predicted octanol–water partition coefficient (Wildman–Crippen LogP) is 6.00. The summed E-state index contributed by atoms with van der Waals surface area (Å²) in [4.78, 5) is 23.2. The van der Waals surface area contributed by atoms with Crippen LogP contribution in [0.25, 0.3) is 20.7 Å². The Morgan fingerprint density at radius 3 is 2.57 bits per heavy atom. The third-order valence-corrected chi connectivity index (χ3v) is 6.42. The van der Waals surface area contributed by atoms with Crippen molar-refractivity contribution in [2.75, 3.05) is 0 Å². The highest BCUT2D eigenvalue weighted by Gasteiger charge is 2.20. The Bertz CT molecular complexity index is 1160. The minimum atomic E-state index is -1.03. The van der Waals surface area contributed by atoms with Crippen LogP contribution in [0.2, 0.25) is 0 Å². The molecule has 0 saturated carbocycles. The Kier molecular flexibility index (Phi) is 5.19. The molecular formula is C21H14F2N2OS2. The van der Waals surface area contributed by atoms with Gasteiger partial charge in [-0.1, -0.05) is 42.1 Å². The molecule has 2 aromatic carbocycles. The van der Waals surface area contributed by atoms with Crippen LogP contribution in [0.15, 0.2) is 66.0 Å². The van der Waals surface area contributed by atoms with Crippen LogP contribution in [0, 0.1) is 11.6 Å². The molecule has 4 aromatic rings. The van der Waals surface area contributed by atoms with E-state index in [9.17, 15) is 13.6 Å². The molecule has 28 heavy (non-hydrogen) atoms. The van der Waals surface area contributed by atoms with Crippen molar-refractivity contribution in [3.8, 4) is 10.4 Å². The van der Waals surface area contributed by atoms with Crippen LogP contribution in [0.5, 0.6) is 0 Å². The highest BCUT2D eigenvalue weighted by Crippen LogP contribution is 2.37. The second kappa shape index (κ2) is 7.77. The number of thioether (sulfide) groups is 1. The van der Waals surface area contributed by atoms with Gasteiger partial charge in [0.05, 0.1) is 5.25 Å². The molecule has 0 spiro atoms. The molecule has 2 heterocycles. The molecule has 0 bridgehead atoms. The predicted molar refractivity (Wildman–Crippen MR) is 109 cm³/mol. The van der Waals surface area contributed by atoms with Gasteiger partial charge in [-0.15, -0.1) is 11.3 Å². The number of halogens is 2. The Morgan fingerprint density at radius 1 is 1.04 bits per heavy atom. The second-order valence-electron chi connectivity index (χ2n) is 6.13. The van der Waals surface area contributed by atoms with E-state index in [0.29, 0.717) is 5.03 Å². The average molecular weight is 412 g/mol. The first-order valence-corrected chi connectivity index (χ1v) is 10.2. The third kappa shape index (κ3) is 3.68. The van der Waals surface area contributed by atoms with Gasteiger partial charge in [-0.3, -0.25) is 4.79 Å². The number of hydrogen-bond donors (Lipinski definition) is 0. The molecule has 0 N–H and O–H groups in total. The van der Waals surface area contributed by atoms with Crippen molar-refractivity contribution in [3.63, 3.8) is 0 Å². The zero-order valence-corrected chi connectivity index (χ0v) is 16.4. The fraction of sp³-hybridized carbons (Fsp3) is 0.0952. The molecule has 1 atom stereocenters. The van der Waals surface area contributed by atoms with Crippen LogP contribution in [0.3, 0.4) is 0 Å². The lowest BCUT2D eigenvalue weighted by atomic mass is 10.1. The summed E-state index contributed by atoms with van der Waals surface area (Å²) < 4.78 is 26.6. The number of Topliss-reactive ketones (excluding diaryl/α,β-unsaturated/α-hetero) is 1. The molecule has 2 aromatic heterocycles. The van der Waals surface area contributed by atoms with Crippen LogP contribution in [0.1, 0.15) is 17.3 Å². The largest absolute Gasteiger partial charge is 0.293 e. The number of benzene rings is 2. The van der Waals surface area contributed by atoms with Crippen molar-refractivity contribution < 1.29 is 13.6 Å². The van der Waals surface area contributed by atoms with Gasteiger partial charge in [0, 0.05) is 15.8 Å². The summed E-state index contributed by atoms with van der Waals surface area (Å²) in [5, 5.41) is 1.05. The minimum absolute atomic E-state index is 0.138. The standard InChI is InChI=1S/C21H14F2N2OS2/c1-12(19(26)14-7-8-16(22)17(23)9-14)27-20-15-10-18(13-5-3-2-4-6-13)28-21(15)25-11-24-20/h2-12H,1H3/t12-/m0/s1. The smallest absolute Gasteiger partial charge is 0.176 e. The first kappa shape index (κ1) is 18.7. The van der Waals surface area contributed by atoms with E-state index in [0.717, 1.165) is 32.8 Å². The number of carbonyl (C=O) groups excluding carboxylic acids is 1. The number of nitrogens with zero attached hydrogens (tertiary/aromatic N) is 2. The van der Waals surface area contributed by atoms with E-state index in [-0.39, 0.29) is 11.3 Å². The highest BCUT2D eigenvalue weighted by molar-refractivity contribution is 8.00. The number of aromatic nitrogens is 2. The topological polar surface area (TPSA) is 42.9 Å². The van der Waals surface area contributed by atoms with Crippen molar-refractivity contribution in [3.05, 3.63) is 78.1 Å². The van der Waals surface area contributed by atoms with Crippen LogP contribution in [-0.4, -0.2) is 21.0 Å². The van der Waals surface area contributed by atoms with Gasteiger partial charge in [-0.05, 0) is 36.8 Å². The maximum atomic E-state index is 13.4. The second-order valence-corrected chi connectivity index (χ2v) is 8.49. The Labute approximate surface area is 168 Å². The van der Waals surface area contributed by atoms with Crippen molar-refractivity contribution in [2.24, 2.45) is 0 Å². The molecular weight excluding hydrogens is 398 g/mol. The summed E-state index contributed by atoms with van der Waals surface area (Å²) in [5.41, 5.74) is 1.23. The highest BCUT2D eigenvalue weighted by atomic mass is 32.2. The maximum absolute atomic E-state index is 13.4. The summed E-state index contributed by atoms with van der Waals surface area (Å²) in [6.07, 6.45) is 1.48. The number of thiophene rings is 1. The summed E-state index contributed by atoms with van der Waals surface area (Å²) >= 11 is 2.84. The number of hydrogen-bond acceptors (Lipinski definition) is 5. The van der Waals surface area contributed by atoms with E-state index in [1.807, 2.05) is 36.4 Å². The van der Waals surface area contributed by atoms with Crippen molar-refractivity contribution >= 4 is 39.1 Å². The van der Waals surface area contributed by atoms with E-state index in [2.05, 4.69) is 9.97 Å². The van der Waals surface area contributed by atoms with Crippen LogP contribution >= 0.6 is 23.1 Å². The van der Waals surface area contributed by atoms with Gasteiger partial charge in [-0.2, -0.15) is 0 Å². The van der Waals surface area contributed by atoms with Crippen molar-refractivity contribution in [2.45, 2.75) is 17.2 Å². The van der Waals surface area contributed by atoms with Crippen LogP contribution in [-0.2, 0) is 0 Å². The van der Waals surface area contributed by atoms with Gasteiger partial charge >= 0.3 is 0 Å². The van der Waals surface area contributed by atoms with Crippen molar-refractivity contribution in [1.29, 1.82) is 0 Å². The van der Waals surface area contributed by atoms with Gasteiger partial charge in [-0.25, -0.2) is 18.7 Å². The van der Waals surface area contributed by atoms with E-state index in [1.165, 1.54) is 24.2 Å². The monoisotopic (exact) mass is 412 g/mol. The number of rotatable bonds is 5. The average Bonchev–Trinajstić information content (AvgIpc) is 3.15. The number of ketones is 1. The van der Waals surface area contributed by atoms with Gasteiger partial charge in [0.1, 0.15) is 16.2 Å². The summed E-state index contributed by atoms with van der Waals surface area (Å²) in [6, 6.07) is 15.2. The Hall–Kier alpha value is -2.64. The molecule has 0 unspecified atom stereocenters. The van der Waals surface area contributed by atoms with Gasteiger partial charge < -0.3 is 0 Å². The van der Waals surface area contributed by atoms with Crippen LogP contribution in [0.4, 0.5) is 8.78 Å². The normalized spacial score (nSPS) is 12.2. The third-order valence-electron chi connectivity index (χ3n) is 4.21. The molecule has 0 aliphatic carbocycles. The first-order chi connectivity index (χ1) is 13.5. The molecule has 0 radical (unpaired) electrons. The quantitative estimate of drug-likeness (QED) is 0.229. The zero-order chi connectivity index (χ0) is 19.7. The lowest BCUT2D eigenvalue weighted by Gasteiger charge is -2.10. The molecule has 0 aliphatic rings. The fourth-order valence-electron chi connectivity index (χ4n) is 2.78. The fourth-order valence-corrected chi connectivity index (χ4v) is 4.82. The summed E-state index contributed by atoms with van der Waals surface area (Å²) in [7, 11) is 0. The molecule has 0 saturated heterocycles. The SMILES string of the molecule is C[C@H](Sc1ncnc2sc(-c3ccccc3)cc12)C(=O)c1ccc(F)c(F)c1. The van der Waals surface area contributed by atoms with Gasteiger partial charge in [0.2, 0.25) is 0 Å². The molecule has 7 heteroatoms. The Balaban J connectivity index is 1.63. The molecule has 3 nitrogen and oxygen atoms in total. The minimum Gasteiger partial charge on any atom is -0.293 e. The molecule has 140 valence electrons. The van der Waals surface area contributed by atoms with E-state index < -0.39 is 16.9 Å². The first-order valence-electron chi connectivity index (χ1n) is 8.49. The lowest BCUT2D eigenvalue weighted by molar-refractivity contribution is 0.0993. The molecule has 0 amide bonds. The number of carbonyl (C=O) groups is 1. The zero-order valence-electron chi connectivity index (χ0n) is 14.7. The van der Waals surface area contributed by atoms with Crippen LogP contribution < -0.4 is 0 Å². The lowest BCUT2D eigenvalue weighted by Crippen LogP contribution is -2.14. The van der Waals surface area contributed by atoms with E-state index in [4.69, 9.17) is 0 Å². The molecule has 0 aliphatic heterocycles. The van der Waals surface area contributed by atoms with Crippen molar-refractivity contribution in [1.82, 2.24) is 9.97 Å². The molecule has 4 rings (SSSR count). The molecule has 0 fully saturated rings. The Morgan fingerprint density at radius 2 is 1.82 bits per heavy atom. The maximum Gasteiger partial charge on any atom is 0.176 e. The van der Waals surface area contributed by atoms with E-state index >= 15 is 0 Å². The van der Waals surface area contributed by atoms with Gasteiger partial charge in [0.15, 0.2) is 17.4 Å². The van der Waals surface area contributed by atoms with Gasteiger partial charge in [0.25, 0.3) is 0 Å². The number of fused-ring (bicyclic) bond motifs is 1. The summed E-state index contributed by atoms with van der Waals surface area (Å²) in [6.45, 7) is 1.73.